The maximum Gasteiger partial charge on any atom is 0.0547 e. The van der Waals surface area contributed by atoms with Gasteiger partial charge in [-0.25, -0.2) is 0 Å². The van der Waals surface area contributed by atoms with Gasteiger partial charge in [0, 0.05) is 16.5 Å². The van der Waals surface area contributed by atoms with Gasteiger partial charge in [-0.1, -0.05) is 91.0 Å². The Hall–Kier alpha value is -4.36. The Bertz CT molecular complexity index is 1810. The third-order valence-electron chi connectivity index (χ3n) is 6.75. The van der Waals surface area contributed by atoms with Crippen LogP contribution in [0.4, 0.5) is 0 Å². The molecule has 1 heteroatoms. The van der Waals surface area contributed by atoms with Gasteiger partial charge < -0.3 is 4.57 Å². The maximum absolute atomic E-state index is 2.38. The average Bonchev–Trinajstić information content (AvgIpc) is 3.23. The van der Waals surface area contributed by atoms with Gasteiger partial charge in [0.1, 0.15) is 0 Å². The summed E-state index contributed by atoms with van der Waals surface area (Å²) in [5.41, 5.74) is 6.18. The van der Waals surface area contributed by atoms with Crippen molar-refractivity contribution < 1.29 is 0 Å². The Morgan fingerprint density at radius 2 is 1.06 bits per heavy atom. The van der Waals surface area contributed by atoms with Crippen LogP contribution in [0.1, 0.15) is 0 Å². The Balaban J connectivity index is 1.49. The Morgan fingerprint density at radius 3 is 1.94 bits per heavy atom. The van der Waals surface area contributed by atoms with E-state index in [-0.39, 0.29) is 0 Å². The summed E-state index contributed by atoms with van der Waals surface area (Å²) in [6, 6.07) is 46.1. The average molecular weight is 420 g/mol. The molecule has 6 aromatic carbocycles. The molecule has 1 heterocycles. The topological polar surface area (TPSA) is 4.93 Å². The minimum atomic E-state index is 1.19. The van der Waals surface area contributed by atoms with E-state index in [2.05, 4.69) is 132 Å². The van der Waals surface area contributed by atoms with Crippen LogP contribution in [0.25, 0.3) is 60.2 Å². The highest BCUT2D eigenvalue weighted by Crippen LogP contribution is 2.38. The lowest BCUT2D eigenvalue weighted by Gasteiger charge is -2.09. The fourth-order valence-electron chi connectivity index (χ4n) is 5.20. The summed E-state index contributed by atoms with van der Waals surface area (Å²) in [5.74, 6) is 0. The van der Waals surface area contributed by atoms with Crippen LogP contribution in [-0.4, -0.2) is 4.57 Å². The number of nitrogens with zero attached hydrogens (tertiary/aromatic N) is 1. The van der Waals surface area contributed by atoms with Gasteiger partial charge in [-0.3, -0.25) is 0 Å². The van der Waals surface area contributed by atoms with Crippen molar-refractivity contribution in [2.45, 2.75) is 0 Å². The molecule has 0 N–H and O–H groups in total. The summed E-state index contributed by atoms with van der Waals surface area (Å²) in [7, 11) is 0. The van der Waals surface area contributed by atoms with E-state index in [4.69, 9.17) is 0 Å². The molecule has 33 heavy (non-hydrogen) atoms. The largest absolute Gasteiger partial charge is 0.309 e. The van der Waals surface area contributed by atoms with Gasteiger partial charge in [0.05, 0.1) is 11.0 Å². The van der Waals surface area contributed by atoms with Crippen molar-refractivity contribution in [1.82, 2.24) is 4.57 Å². The number of hydrogen-bond donors (Lipinski definition) is 0. The normalized spacial score (nSPS) is 11.6. The highest BCUT2D eigenvalue weighted by molar-refractivity contribution is 6.21. The van der Waals surface area contributed by atoms with Crippen LogP contribution in [0, 0.1) is 0 Å². The summed E-state index contributed by atoms with van der Waals surface area (Å²) in [6.45, 7) is 0. The van der Waals surface area contributed by atoms with E-state index in [0.29, 0.717) is 0 Å². The standard InChI is InChI=1S/C32H21N/c1-2-10-27(11-3-1)33-30-13-7-6-12-29(30)32-28-18-16-25(21-26(28)17-19-31(32)33)24-15-14-22-8-4-5-9-23(22)20-24/h1-21H. The molecule has 0 saturated carbocycles. The number of para-hydroxylation sites is 2. The fraction of sp³-hybridized carbons (Fsp3) is 0. The molecule has 0 radical (unpaired) electrons. The lowest BCUT2D eigenvalue weighted by Crippen LogP contribution is -1.92. The van der Waals surface area contributed by atoms with Crippen LogP contribution in [0.5, 0.6) is 0 Å². The molecule has 0 atom stereocenters. The first kappa shape index (κ1) is 18.2. The van der Waals surface area contributed by atoms with Crippen LogP contribution in [-0.2, 0) is 0 Å². The molecule has 0 saturated heterocycles. The van der Waals surface area contributed by atoms with Crippen LogP contribution >= 0.6 is 0 Å². The summed E-state index contributed by atoms with van der Waals surface area (Å²) < 4.78 is 2.38. The van der Waals surface area contributed by atoms with Crippen molar-refractivity contribution in [3.8, 4) is 16.8 Å². The van der Waals surface area contributed by atoms with E-state index < -0.39 is 0 Å². The van der Waals surface area contributed by atoms with Gasteiger partial charge in [-0.05, 0) is 69.1 Å². The van der Waals surface area contributed by atoms with Crippen LogP contribution in [0.2, 0.25) is 0 Å². The van der Waals surface area contributed by atoms with E-state index in [9.17, 15) is 0 Å². The minimum absolute atomic E-state index is 1.19. The monoisotopic (exact) mass is 419 g/mol. The SMILES string of the molecule is c1ccc(-n2c3ccccc3c3c4ccc(-c5ccc6ccccc6c5)cc4ccc32)cc1. The van der Waals surface area contributed by atoms with Crippen molar-refractivity contribution in [3.63, 3.8) is 0 Å². The van der Waals surface area contributed by atoms with Crippen molar-refractivity contribution in [1.29, 1.82) is 0 Å². The first-order valence-corrected chi connectivity index (χ1v) is 11.4. The van der Waals surface area contributed by atoms with E-state index >= 15 is 0 Å². The van der Waals surface area contributed by atoms with Crippen molar-refractivity contribution in [2.75, 3.05) is 0 Å². The lowest BCUT2D eigenvalue weighted by atomic mass is 9.97. The van der Waals surface area contributed by atoms with Gasteiger partial charge in [0.15, 0.2) is 0 Å². The molecule has 7 rings (SSSR count). The van der Waals surface area contributed by atoms with Crippen molar-refractivity contribution in [3.05, 3.63) is 127 Å². The molecular formula is C32H21N. The molecule has 0 aliphatic heterocycles. The summed E-state index contributed by atoms with van der Waals surface area (Å²) >= 11 is 0. The first-order valence-electron chi connectivity index (χ1n) is 11.4. The summed E-state index contributed by atoms with van der Waals surface area (Å²) in [6.07, 6.45) is 0. The third-order valence-corrected chi connectivity index (χ3v) is 6.75. The van der Waals surface area contributed by atoms with Gasteiger partial charge in [-0.2, -0.15) is 0 Å². The number of rotatable bonds is 2. The van der Waals surface area contributed by atoms with Gasteiger partial charge in [0.25, 0.3) is 0 Å². The zero-order valence-electron chi connectivity index (χ0n) is 18.1. The minimum Gasteiger partial charge on any atom is -0.309 e. The molecule has 0 fully saturated rings. The molecule has 0 unspecified atom stereocenters. The van der Waals surface area contributed by atoms with Crippen LogP contribution < -0.4 is 0 Å². The predicted molar refractivity (Wildman–Crippen MR) is 141 cm³/mol. The van der Waals surface area contributed by atoms with Gasteiger partial charge in [0.2, 0.25) is 0 Å². The highest BCUT2D eigenvalue weighted by Gasteiger charge is 2.14. The molecule has 0 amide bonds. The predicted octanol–water partition coefficient (Wildman–Crippen LogP) is 8.76. The molecule has 0 bridgehead atoms. The zero-order chi connectivity index (χ0) is 21.8. The molecule has 1 nitrogen and oxygen atoms in total. The van der Waals surface area contributed by atoms with Crippen LogP contribution in [0.3, 0.4) is 0 Å². The second kappa shape index (κ2) is 7.08. The number of hydrogen-bond acceptors (Lipinski definition) is 0. The van der Waals surface area contributed by atoms with Gasteiger partial charge in [-0.15, -0.1) is 0 Å². The lowest BCUT2D eigenvalue weighted by molar-refractivity contribution is 1.18. The van der Waals surface area contributed by atoms with E-state index in [1.54, 1.807) is 0 Å². The molecule has 154 valence electrons. The number of fused-ring (bicyclic) bond motifs is 6. The third kappa shape index (κ3) is 2.79. The second-order valence-corrected chi connectivity index (χ2v) is 8.65. The first-order chi connectivity index (χ1) is 16.4. The summed E-state index contributed by atoms with van der Waals surface area (Å²) in [4.78, 5) is 0. The number of aromatic nitrogens is 1. The van der Waals surface area contributed by atoms with E-state index in [0.717, 1.165) is 0 Å². The van der Waals surface area contributed by atoms with Crippen LogP contribution in [0.15, 0.2) is 127 Å². The molecule has 0 aliphatic rings. The Labute approximate surface area is 192 Å². The fourth-order valence-corrected chi connectivity index (χ4v) is 5.20. The molecule has 0 spiro atoms. The molecular weight excluding hydrogens is 398 g/mol. The molecule has 0 aliphatic carbocycles. The van der Waals surface area contributed by atoms with Crippen molar-refractivity contribution >= 4 is 43.4 Å². The second-order valence-electron chi connectivity index (χ2n) is 8.65. The molecule has 7 aromatic rings. The van der Waals surface area contributed by atoms with Gasteiger partial charge >= 0.3 is 0 Å². The zero-order valence-corrected chi connectivity index (χ0v) is 18.1. The Morgan fingerprint density at radius 1 is 0.394 bits per heavy atom. The Kier molecular flexibility index (Phi) is 3.91. The van der Waals surface area contributed by atoms with E-state index in [1.165, 1.54) is 60.2 Å². The van der Waals surface area contributed by atoms with Crippen molar-refractivity contribution in [2.24, 2.45) is 0 Å². The van der Waals surface area contributed by atoms with E-state index in [1.807, 2.05) is 0 Å². The highest BCUT2D eigenvalue weighted by atomic mass is 15.0. The quantitative estimate of drug-likeness (QED) is 0.264. The molecule has 1 aromatic heterocycles. The smallest absolute Gasteiger partial charge is 0.0547 e. The maximum atomic E-state index is 2.38. The summed E-state index contributed by atoms with van der Waals surface area (Å²) in [5, 5.41) is 7.72. The number of benzene rings is 6.